The van der Waals surface area contributed by atoms with Crippen molar-refractivity contribution in [2.24, 2.45) is 0 Å². The number of nitrogens with one attached hydrogen (secondary N) is 2. The average molecular weight is 366 g/mol. The van der Waals surface area contributed by atoms with Crippen LogP contribution in [0.25, 0.3) is 16.2 Å². The zero-order chi connectivity index (χ0) is 18.1. The predicted molar refractivity (Wildman–Crippen MR) is 101 cm³/mol. The molecule has 1 aromatic carbocycles. The third kappa shape index (κ3) is 3.23. The van der Waals surface area contributed by atoms with Gasteiger partial charge in [-0.2, -0.15) is 5.10 Å². The molecule has 0 aliphatic heterocycles. The molecule has 0 saturated heterocycles. The number of rotatable bonds is 5. The van der Waals surface area contributed by atoms with Gasteiger partial charge in [0.05, 0.1) is 28.7 Å². The predicted octanol–water partition coefficient (Wildman–Crippen LogP) is 2.79. The van der Waals surface area contributed by atoms with Gasteiger partial charge in [0, 0.05) is 29.6 Å². The molecule has 0 unspecified atom stereocenters. The van der Waals surface area contributed by atoms with Crippen LogP contribution < -0.4 is 5.32 Å². The molecule has 26 heavy (non-hydrogen) atoms. The molecule has 0 fully saturated rings. The number of aryl methyl sites for hydroxylation is 2. The summed E-state index contributed by atoms with van der Waals surface area (Å²) in [5.41, 5.74) is 5.30. The molecule has 0 atom stereocenters. The lowest BCUT2D eigenvalue weighted by Crippen LogP contribution is -2.25. The summed E-state index contributed by atoms with van der Waals surface area (Å²) in [7, 11) is 0. The summed E-state index contributed by atoms with van der Waals surface area (Å²) in [6, 6.07) is 7.45. The van der Waals surface area contributed by atoms with E-state index in [0.29, 0.717) is 18.5 Å². The van der Waals surface area contributed by atoms with E-state index in [9.17, 15) is 4.79 Å². The van der Waals surface area contributed by atoms with Crippen LogP contribution in [0.2, 0.25) is 0 Å². The lowest BCUT2D eigenvalue weighted by molar-refractivity contribution is 0.0954. The van der Waals surface area contributed by atoms with Crippen LogP contribution in [0.1, 0.15) is 27.4 Å². The van der Waals surface area contributed by atoms with Crippen molar-refractivity contribution >= 4 is 28.3 Å². The van der Waals surface area contributed by atoms with Crippen molar-refractivity contribution in [2.75, 3.05) is 6.54 Å². The van der Waals surface area contributed by atoms with Gasteiger partial charge in [0.15, 0.2) is 0 Å². The number of H-pyrrole nitrogens is 1. The molecule has 132 valence electrons. The van der Waals surface area contributed by atoms with Gasteiger partial charge in [0.25, 0.3) is 5.91 Å². The number of aromatic nitrogens is 5. The lowest BCUT2D eigenvalue weighted by Gasteiger charge is -2.04. The maximum atomic E-state index is 12.3. The second-order valence-corrected chi connectivity index (χ2v) is 6.94. The van der Waals surface area contributed by atoms with Crippen LogP contribution >= 0.6 is 11.3 Å². The minimum absolute atomic E-state index is 0.101. The standard InChI is InChI=1S/C18H18N6OS/c1-11-7-12(2)24(23-11)18-22-14(9-26-18)5-6-19-17(25)13-3-4-15-16(8-13)21-10-20-15/h3-4,7-10H,5-6H2,1-2H3,(H,19,25)(H,20,21). The van der Waals surface area contributed by atoms with E-state index in [1.54, 1.807) is 29.8 Å². The molecule has 4 aromatic rings. The van der Waals surface area contributed by atoms with E-state index in [4.69, 9.17) is 0 Å². The fourth-order valence-electron chi connectivity index (χ4n) is 2.81. The quantitative estimate of drug-likeness (QED) is 0.568. The number of hydrogen-bond donors (Lipinski definition) is 2. The molecular weight excluding hydrogens is 348 g/mol. The first-order valence-corrected chi connectivity index (χ1v) is 9.17. The molecule has 0 saturated carbocycles. The van der Waals surface area contributed by atoms with Crippen molar-refractivity contribution in [3.8, 4) is 5.13 Å². The number of fused-ring (bicyclic) bond motifs is 1. The summed E-state index contributed by atoms with van der Waals surface area (Å²) in [5.74, 6) is -0.101. The summed E-state index contributed by atoms with van der Waals surface area (Å²) in [6.07, 6.45) is 2.29. The molecule has 4 rings (SSSR count). The van der Waals surface area contributed by atoms with Gasteiger partial charge in [-0.15, -0.1) is 11.3 Å². The normalized spacial score (nSPS) is 11.2. The molecule has 8 heteroatoms. The van der Waals surface area contributed by atoms with E-state index in [0.717, 1.165) is 33.2 Å². The van der Waals surface area contributed by atoms with Crippen LogP contribution in [0.15, 0.2) is 36.0 Å². The van der Waals surface area contributed by atoms with Crippen molar-refractivity contribution < 1.29 is 4.79 Å². The molecular formula is C18H18N6OS. The Hall–Kier alpha value is -3.00. The average Bonchev–Trinajstić information content (AvgIpc) is 3.33. The minimum atomic E-state index is -0.101. The van der Waals surface area contributed by atoms with Crippen molar-refractivity contribution in [3.05, 3.63) is 58.6 Å². The monoisotopic (exact) mass is 366 g/mol. The van der Waals surface area contributed by atoms with Crippen molar-refractivity contribution in [3.63, 3.8) is 0 Å². The minimum Gasteiger partial charge on any atom is -0.352 e. The summed E-state index contributed by atoms with van der Waals surface area (Å²) in [6.45, 7) is 4.51. The molecule has 0 radical (unpaired) electrons. The van der Waals surface area contributed by atoms with Gasteiger partial charge < -0.3 is 10.3 Å². The van der Waals surface area contributed by atoms with E-state index in [-0.39, 0.29) is 5.91 Å². The Kier molecular flexibility index (Phi) is 4.26. The highest BCUT2D eigenvalue weighted by atomic mass is 32.1. The van der Waals surface area contributed by atoms with Gasteiger partial charge in [-0.1, -0.05) is 0 Å². The lowest BCUT2D eigenvalue weighted by atomic mass is 10.2. The van der Waals surface area contributed by atoms with Gasteiger partial charge in [0.2, 0.25) is 5.13 Å². The van der Waals surface area contributed by atoms with Gasteiger partial charge in [0.1, 0.15) is 0 Å². The number of carbonyl (C=O) groups excluding carboxylic acids is 1. The largest absolute Gasteiger partial charge is 0.352 e. The third-order valence-electron chi connectivity index (χ3n) is 4.08. The van der Waals surface area contributed by atoms with Crippen LogP contribution in [-0.2, 0) is 6.42 Å². The summed E-state index contributed by atoms with van der Waals surface area (Å²) in [4.78, 5) is 24.1. The number of imidazole rings is 1. The Morgan fingerprint density at radius 3 is 3.00 bits per heavy atom. The molecule has 7 nitrogen and oxygen atoms in total. The Morgan fingerprint density at radius 1 is 1.31 bits per heavy atom. The number of carbonyl (C=O) groups is 1. The SMILES string of the molecule is Cc1cc(C)n(-c2nc(CCNC(=O)c3ccc4nc[nH]c4c3)cs2)n1. The Morgan fingerprint density at radius 2 is 2.19 bits per heavy atom. The first kappa shape index (κ1) is 16.5. The molecule has 0 bridgehead atoms. The maximum Gasteiger partial charge on any atom is 0.251 e. The molecule has 0 spiro atoms. The number of thiazole rings is 1. The molecule has 2 N–H and O–H groups in total. The second-order valence-electron chi connectivity index (χ2n) is 6.10. The van der Waals surface area contributed by atoms with E-state index in [1.807, 2.05) is 36.0 Å². The number of amides is 1. The number of hydrogen-bond acceptors (Lipinski definition) is 5. The van der Waals surface area contributed by atoms with Crippen molar-refractivity contribution in [2.45, 2.75) is 20.3 Å². The first-order valence-electron chi connectivity index (χ1n) is 8.29. The van der Waals surface area contributed by atoms with E-state index < -0.39 is 0 Å². The fraction of sp³-hybridized carbons (Fsp3) is 0.222. The highest BCUT2D eigenvalue weighted by molar-refractivity contribution is 7.12. The zero-order valence-corrected chi connectivity index (χ0v) is 15.3. The smallest absolute Gasteiger partial charge is 0.251 e. The highest BCUT2D eigenvalue weighted by Gasteiger charge is 2.10. The Bertz CT molecular complexity index is 1080. The van der Waals surface area contributed by atoms with Gasteiger partial charge in [-0.3, -0.25) is 4.79 Å². The van der Waals surface area contributed by atoms with Gasteiger partial charge in [-0.25, -0.2) is 14.6 Å². The summed E-state index contributed by atoms with van der Waals surface area (Å²) in [5, 5.41) is 10.2. The molecule has 0 aliphatic rings. The van der Waals surface area contributed by atoms with Crippen LogP contribution in [-0.4, -0.2) is 37.2 Å². The number of benzene rings is 1. The molecule has 3 heterocycles. The molecule has 1 amide bonds. The topological polar surface area (TPSA) is 88.5 Å². The van der Waals surface area contributed by atoms with E-state index in [1.165, 1.54) is 0 Å². The highest BCUT2D eigenvalue weighted by Crippen LogP contribution is 2.17. The van der Waals surface area contributed by atoms with Crippen molar-refractivity contribution in [1.29, 1.82) is 0 Å². The molecule has 3 aromatic heterocycles. The van der Waals surface area contributed by atoms with Crippen molar-refractivity contribution in [1.82, 2.24) is 30.0 Å². The third-order valence-corrected chi connectivity index (χ3v) is 4.94. The summed E-state index contributed by atoms with van der Waals surface area (Å²) >= 11 is 1.55. The zero-order valence-electron chi connectivity index (χ0n) is 14.5. The summed E-state index contributed by atoms with van der Waals surface area (Å²) < 4.78 is 1.85. The van der Waals surface area contributed by atoms with E-state index >= 15 is 0 Å². The van der Waals surface area contributed by atoms with Crippen LogP contribution in [0, 0.1) is 13.8 Å². The van der Waals surface area contributed by atoms with Gasteiger partial charge in [-0.05, 0) is 38.1 Å². The fourth-order valence-corrected chi connectivity index (χ4v) is 3.68. The first-order chi connectivity index (χ1) is 12.6. The Balaban J connectivity index is 1.37. The molecule has 0 aliphatic carbocycles. The van der Waals surface area contributed by atoms with Gasteiger partial charge >= 0.3 is 0 Å². The van der Waals surface area contributed by atoms with E-state index in [2.05, 4.69) is 25.4 Å². The second kappa shape index (κ2) is 6.72. The van der Waals surface area contributed by atoms with Crippen LogP contribution in [0.5, 0.6) is 0 Å². The van der Waals surface area contributed by atoms with Crippen LogP contribution in [0.3, 0.4) is 0 Å². The Labute approximate surface area is 154 Å². The number of nitrogens with zero attached hydrogens (tertiary/aromatic N) is 4. The number of aromatic amines is 1. The maximum absolute atomic E-state index is 12.3. The van der Waals surface area contributed by atoms with Crippen LogP contribution in [0.4, 0.5) is 0 Å².